The third kappa shape index (κ3) is 2.46. The van der Waals surface area contributed by atoms with Gasteiger partial charge in [-0.1, -0.05) is 6.92 Å². The van der Waals surface area contributed by atoms with Gasteiger partial charge in [0.25, 0.3) is 0 Å². The third-order valence-electron chi connectivity index (χ3n) is 9.51. The van der Waals surface area contributed by atoms with E-state index in [1.165, 1.54) is 6.92 Å². The highest BCUT2D eigenvalue weighted by Gasteiger charge is 2.71. The number of carboxylic acids is 1. The van der Waals surface area contributed by atoms with Gasteiger partial charge in [0.15, 0.2) is 0 Å². The summed E-state index contributed by atoms with van der Waals surface area (Å²) in [6.45, 7) is 5.23. The van der Waals surface area contributed by atoms with Crippen molar-refractivity contribution in [1.82, 2.24) is 0 Å². The molecule has 3 N–H and O–H groups in total. The topological polar surface area (TPSA) is 104 Å². The highest BCUT2D eigenvalue weighted by atomic mass is 16.5. The number of hydrogen-bond acceptors (Lipinski definition) is 5. The van der Waals surface area contributed by atoms with Gasteiger partial charge in [0.2, 0.25) is 0 Å². The lowest BCUT2D eigenvalue weighted by atomic mass is 9.40. The van der Waals surface area contributed by atoms with Crippen LogP contribution in [-0.4, -0.2) is 45.6 Å². The van der Waals surface area contributed by atoms with Crippen molar-refractivity contribution in [2.75, 3.05) is 6.61 Å². The number of ether oxygens (including phenoxy) is 1. The molecule has 4 fully saturated rings. The molecule has 4 aliphatic carbocycles. The van der Waals surface area contributed by atoms with E-state index in [1.54, 1.807) is 0 Å². The Morgan fingerprint density at radius 2 is 1.79 bits per heavy atom. The molecule has 0 unspecified atom stereocenters. The van der Waals surface area contributed by atoms with Crippen LogP contribution >= 0.6 is 0 Å². The van der Waals surface area contributed by atoms with E-state index in [2.05, 4.69) is 6.92 Å². The monoisotopic (exact) mass is 394 g/mol. The lowest BCUT2D eigenvalue weighted by Gasteiger charge is -2.65. The maximum absolute atomic E-state index is 12.3. The normalized spacial score (nSPS) is 52.5. The number of hydrogen-bond donors (Lipinski definition) is 3. The van der Waals surface area contributed by atoms with E-state index in [4.69, 9.17) is 4.74 Å². The number of aliphatic hydroxyl groups is 2. The maximum Gasteiger partial charge on any atom is 0.309 e. The van der Waals surface area contributed by atoms with Gasteiger partial charge in [0, 0.05) is 12.3 Å². The van der Waals surface area contributed by atoms with Crippen LogP contribution in [0.15, 0.2) is 0 Å². The number of fused-ring (bicyclic) bond motifs is 3. The van der Waals surface area contributed by atoms with Gasteiger partial charge in [-0.2, -0.15) is 0 Å². The molecule has 28 heavy (non-hydrogen) atoms. The van der Waals surface area contributed by atoms with Gasteiger partial charge in [0.1, 0.15) is 6.10 Å². The second kappa shape index (κ2) is 6.18. The Kier molecular flexibility index (Phi) is 4.45. The summed E-state index contributed by atoms with van der Waals surface area (Å²) >= 11 is 0. The lowest BCUT2D eigenvalue weighted by molar-refractivity contribution is -0.221. The van der Waals surface area contributed by atoms with E-state index in [0.717, 1.165) is 32.1 Å². The summed E-state index contributed by atoms with van der Waals surface area (Å²) in [6.07, 6.45) is 5.63. The van der Waals surface area contributed by atoms with Gasteiger partial charge in [-0.05, 0) is 81.5 Å². The first kappa shape index (κ1) is 20.1. The molecule has 0 aromatic heterocycles. The largest absolute Gasteiger partial charge is 0.481 e. The highest BCUT2D eigenvalue weighted by molar-refractivity contribution is 5.75. The number of rotatable bonds is 3. The summed E-state index contributed by atoms with van der Waals surface area (Å²) < 4.78 is 5.82. The smallest absolute Gasteiger partial charge is 0.309 e. The molecule has 0 aromatic rings. The average Bonchev–Trinajstić information content (AvgIpc) is 2.83. The van der Waals surface area contributed by atoms with Crippen molar-refractivity contribution in [3.63, 3.8) is 0 Å². The van der Waals surface area contributed by atoms with E-state index in [9.17, 15) is 24.9 Å². The summed E-state index contributed by atoms with van der Waals surface area (Å²) in [4.78, 5) is 24.2. The van der Waals surface area contributed by atoms with Crippen LogP contribution in [0.5, 0.6) is 0 Å². The molecule has 0 radical (unpaired) electrons. The first-order valence-electron chi connectivity index (χ1n) is 10.8. The molecule has 0 amide bonds. The first-order valence-corrected chi connectivity index (χ1v) is 10.8. The summed E-state index contributed by atoms with van der Waals surface area (Å²) in [5, 5.41) is 31.0. The molecule has 6 heteroatoms. The SMILES string of the molecule is CC(=O)O[C@H]1CC[C@@](C)(C(=O)O)[C@H]2CC[C@@]34C[C@H](CC[C@H]3[C@]12C)[C@@](O)(CO)C4. The highest BCUT2D eigenvalue weighted by Crippen LogP contribution is 2.73. The van der Waals surface area contributed by atoms with Gasteiger partial charge in [-0.15, -0.1) is 0 Å². The molecule has 4 aliphatic rings. The zero-order valence-electron chi connectivity index (χ0n) is 17.2. The second-order valence-electron chi connectivity index (χ2n) is 10.6. The van der Waals surface area contributed by atoms with Crippen LogP contribution in [-0.2, 0) is 14.3 Å². The molecule has 6 nitrogen and oxygen atoms in total. The number of carboxylic acid groups (broad SMARTS) is 1. The number of esters is 1. The zero-order valence-corrected chi connectivity index (χ0v) is 17.2. The molecule has 0 aromatic carbocycles. The Hall–Kier alpha value is -1.14. The van der Waals surface area contributed by atoms with E-state index >= 15 is 0 Å². The van der Waals surface area contributed by atoms with E-state index in [-0.39, 0.29) is 41.8 Å². The Bertz CT molecular complexity index is 693. The fourth-order valence-corrected chi connectivity index (χ4v) is 8.34. The zero-order chi connectivity index (χ0) is 20.5. The average molecular weight is 395 g/mol. The molecule has 4 rings (SSSR count). The number of aliphatic carboxylic acids is 1. The van der Waals surface area contributed by atoms with Crippen LogP contribution in [0.1, 0.15) is 72.1 Å². The van der Waals surface area contributed by atoms with E-state index in [1.807, 2.05) is 6.92 Å². The molecule has 0 saturated heterocycles. The summed E-state index contributed by atoms with van der Waals surface area (Å²) in [5.41, 5.74) is -2.38. The Morgan fingerprint density at radius 3 is 2.39 bits per heavy atom. The molecule has 0 heterocycles. The van der Waals surface area contributed by atoms with Crippen LogP contribution in [0.4, 0.5) is 0 Å². The molecule has 158 valence electrons. The van der Waals surface area contributed by atoms with Crippen LogP contribution in [0.25, 0.3) is 0 Å². The van der Waals surface area contributed by atoms with Crippen molar-refractivity contribution in [2.45, 2.75) is 83.8 Å². The molecular formula is C22H34O6. The Morgan fingerprint density at radius 1 is 1.07 bits per heavy atom. The molecule has 1 spiro atoms. The molecular weight excluding hydrogens is 360 g/mol. The molecule has 2 bridgehead atoms. The Labute approximate surface area is 166 Å². The Balaban J connectivity index is 1.79. The van der Waals surface area contributed by atoms with Crippen molar-refractivity contribution in [2.24, 2.45) is 34.0 Å². The van der Waals surface area contributed by atoms with Crippen molar-refractivity contribution < 1.29 is 29.6 Å². The van der Waals surface area contributed by atoms with Gasteiger partial charge in [0.05, 0.1) is 17.6 Å². The first-order chi connectivity index (χ1) is 13.0. The van der Waals surface area contributed by atoms with Gasteiger partial charge in [-0.25, -0.2) is 0 Å². The standard InChI is InChI=1S/C22H34O6/c1-13(24)28-17-7-8-19(2,18(25)26)15-6-9-21-10-14(22(27,11-21)12-23)4-5-16(21)20(15,17)3/h14-17,23,27H,4-12H2,1-3H3,(H,25,26)/t14-,15+,16-,17-,19+,20+,21-,22-/m0/s1. The number of aliphatic hydroxyl groups excluding tert-OH is 1. The minimum absolute atomic E-state index is 0.0643. The number of carbonyl (C=O) groups excluding carboxylic acids is 1. The third-order valence-corrected chi connectivity index (χ3v) is 9.51. The fourth-order valence-electron chi connectivity index (χ4n) is 8.34. The van der Waals surface area contributed by atoms with E-state index < -0.39 is 22.4 Å². The van der Waals surface area contributed by atoms with Crippen molar-refractivity contribution in [3.05, 3.63) is 0 Å². The lowest BCUT2D eigenvalue weighted by Crippen LogP contribution is -2.64. The van der Waals surface area contributed by atoms with E-state index in [0.29, 0.717) is 19.3 Å². The van der Waals surface area contributed by atoms with Crippen LogP contribution in [0, 0.1) is 34.0 Å². The van der Waals surface area contributed by atoms with Gasteiger partial charge < -0.3 is 20.1 Å². The molecule has 0 aliphatic heterocycles. The minimum atomic E-state index is -1.03. The fraction of sp³-hybridized carbons (Fsp3) is 0.909. The quantitative estimate of drug-likeness (QED) is 0.636. The van der Waals surface area contributed by atoms with Crippen molar-refractivity contribution >= 4 is 11.9 Å². The van der Waals surface area contributed by atoms with Crippen molar-refractivity contribution in [3.8, 4) is 0 Å². The minimum Gasteiger partial charge on any atom is -0.481 e. The van der Waals surface area contributed by atoms with Crippen molar-refractivity contribution in [1.29, 1.82) is 0 Å². The summed E-state index contributed by atoms with van der Waals surface area (Å²) in [7, 11) is 0. The van der Waals surface area contributed by atoms with Gasteiger partial charge in [-0.3, -0.25) is 9.59 Å². The number of carbonyl (C=O) groups is 2. The predicted octanol–water partition coefficient (Wildman–Crippen LogP) is 2.75. The summed E-state index contributed by atoms with van der Waals surface area (Å²) in [6, 6.07) is 0. The summed E-state index contributed by atoms with van der Waals surface area (Å²) in [5.74, 6) is -0.830. The van der Waals surface area contributed by atoms with Gasteiger partial charge >= 0.3 is 11.9 Å². The molecule has 4 saturated carbocycles. The van der Waals surface area contributed by atoms with Crippen LogP contribution in [0.2, 0.25) is 0 Å². The van der Waals surface area contributed by atoms with Crippen LogP contribution < -0.4 is 0 Å². The molecule has 8 atom stereocenters. The van der Waals surface area contributed by atoms with Crippen LogP contribution in [0.3, 0.4) is 0 Å². The maximum atomic E-state index is 12.3. The second-order valence-corrected chi connectivity index (χ2v) is 10.6. The predicted molar refractivity (Wildman–Crippen MR) is 101 cm³/mol.